The summed E-state index contributed by atoms with van der Waals surface area (Å²) in [7, 11) is 0. The van der Waals surface area contributed by atoms with Gasteiger partial charge in [-0.2, -0.15) is 0 Å². The molecule has 1 unspecified atom stereocenters. The van der Waals surface area contributed by atoms with Crippen molar-refractivity contribution in [1.29, 1.82) is 0 Å². The predicted octanol–water partition coefficient (Wildman–Crippen LogP) is 2.42. The third-order valence-electron chi connectivity index (χ3n) is 1.51. The largest absolute Gasteiger partial charge is 0.465 e. The van der Waals surface area contributed by atoms with Crippen LogP contribution >= 0.6 is 11.8 Å². The van der Waals surface area contributed by atoms with E-state index in [1.165, 1.54) is 11.8 Å². The Kier molecular flexibility index (Phi) is 8.19. The van der Waals surface area contributed by atoms with Crippen molar-refractivity contribution in [3.63, 3.8) is 0 Å². The van der Waals surface area contributed by atoms with Gasteiger partial charge in [-0.1, -0.05) is 0 Å². The topological polar surface area (TPSA) is 26.3 Å². The van der Waals surface area contributed by atoms with Crippen LogP contribution in [0.3, 0.4) is 0 Å². The minimum absolute atomic E-state index is 0.125. The number of rotatable bonds is 7. The summed E-state index contributed by atoms with van der Waals surface area (Å²) in [5.74, 6) is 0.650. The molecule has 0 fully saturated rings. The molecule has 1 atom stereocenters. The van der Waals surface area contributed by atoms with Crippen molar-refractivity contribution in [1.82, 2.24) is 0 Å². The number of ether oxygens (including phenoxy) is 1. The molecule has 0 heterocycles. The zero-order valence-corrected chi connectivity index (χ0v) is 9.03. The number of esters is 1. The van der Waals surface area contributed by atoms with Crippen molar-refractivity contribution in [3.8, 4) is 0 Å². The van der Waals surface area contributed by atoms with Gasteiger partial charge in [0, 0.05) is 0 Å². The van der Waals surface area contributed by atoms with Gasteiger partial charge in [-0.3, -0.25) is 9.18 Å². The van der Waals surface area contributed by atoms with Crippen LogP contribution in [0.15, 0.2) is 0 Å². The Balaban J connectivity index is 3.38. The highest BCUT2D eigenvalue weighted by Gasteiger charge is 2.13. The van der Waals surface area contributed by atoms with Crippen molar-refractivity contribution in [2.45, 2.75) is 31.9 Å². The van der Waals surface area contributed by atoms with E-state index in [0.717, 1.165) is 12.2 Å². The second-order valence-corrected chi connectivity index (χ2v) is 4.11. The summed E-state index contributed by atoms with van der Waals surface area (Å²) in [5, 5.41) is -0.125. The van der Waals surface area contributed by atoms with Gasteiger partial charge in [0.15, 0.2) is 0 Å². The molecule has 0 aromatic rings. The van der Waals surface area contributed by atoms with Gasteiger partial charge in [-0.15, -0.1) is 11.8 Å². The molecule has 0 amide bonds. The zero-order chi connectivity index (χ0) is 10.1. The van der Waals surface area contributed by atoms with Crippen molar-refractivity contribution in [2.75, 3.05) is 19.0 Å². The normalized spacial score (nSPS) is 12.5. The fourth-order valence-electron chi connectivity index (χ4n) is 0.784. The lowest BCUT2D eigenvalue weighted by Crippen LogP contribution is -2.17. The minimum atomic E-state index is -0.269. The average molecular weight is 208 g/mol. The van der Waals surface area contributed by atoms with Gasteiger partial charge >= 0.3 is 5.97 Å². The molecule has 0 saturated heterocycles. The molecule has 0 aliphatic rings. The number of carbonyl (C=O) groups excluding carboxylic acids is 1. The molecule has 0 radical (unpaired) electrons. The van der Waals surface area contributed by atoms with Crippen LogP contribution in [0.4, 0.5) is 4.39 Å². The molecule has 0 aromatic heterocycles. The van der Waals surface area contributed by atoms with Crippen LogP contribution in [0.25, 0.3) is 0 Å². The number of unbranched alkanes of at least 4 members (excludes halogenated alkanes) is 1. The predicted molar refractivity (Wildman–Crippen MR) is 53.8 cm³/mol. The number of halogens is 1. The van der Waals surface area contributed by atoms with Crippen molar-refractivity contribution < 1.29 is 13.9 Å². The van der Waals surface area contributed by atoms with Crippen molar-refractivity contribution in [3.05, 3.63) is 0 Å². The van der Waals surface area contributed by atoms with E-state index in [4.69, 9.17) is 4.74 Å². The van der Waals surface area contributed by atoms with Gasteiger partial charge in [0.1, 0.15) is 0 Å². The van der Waals surface area contributed by atoms with E-state index in [1.807, 2.05) is 6.92 Å². The Labute approximate surface area is 83.2 Å². The third-order valence-corrected chi connectivity index (χ3v) is 2.73. The maximum Gasteiger partial charge on any atom is 0.318 e. The van der Waals surface area contributed by atoms with Gasteiger partial charge in [0.05, 0.1) is 18.5 Å². The van der Waals surface area contributed by atoms with E-state index in [-0.39, 0.29) is 17.9 Å². The van der Waals surface area contributed by atoms with Gasteiger partial charge in [0.2, 0.25) is 0 Å². The molecule has 13 heavy (non-hydrogen) atoms. The summed E-state index contributed by atoms with van der Waals surface area (Å²) in [6, 6.07) is 0. The lowest BCUT2D eigenvalue weighted by Gasteiger charge is -2.09. The highest BCUT2D eigenvalue weighted by molar-refractivity contribution is 8.00. The Bertz CT molecular complexity index is 142. The fourth-order valence-corrected chi connectivity index (χ4v) is 1.71. The molecule has 0 saturated carbocycles. The first-order chi connectivity index (χ1) is 6.22. The van der Waals surface area contributed by atoms with E-state index in [1.54, 1.807) is 6.92 Å². The molecule has 0 aliphatic carbocycles. The van der Waals surface area contributed by atoms with Crippen molar-refractivity contribution in [2.24, 2.45) is 0 Å². The highest BCUT2D eigenvalue weighted by Crippen LogP contribution is 2.13. The summed E-state index contributed by atoms with van der Waals surface area (Å²) in [4.78, 5) is 11.1. The Morgan fingerprint density at radius 2 is 2.23 bits per heavy atom. The molecule has 78 valence electrons. The molecule has 0 spiro atoms. The Morgan fingerprint density at radius 1 is 1.54 bits per heavy atom. The van der Waals surface area contributed by atoms with E-state index in [0.29, 0.717) is 13.0 Å². The summed E-state index contributed by atoms with van der Waals surface area (Å²) < 4.78 is 16.5. The monoisotopic (exact) mass is 208 g/mol. The number of carbonyl (C=O) groups is 1. The Hall–Kier alpha value is -0.250. The van der Waals surface area contributed by atoms with Gasteiger partial charge in [0.25, 0.3) is 0 Å². The molecule has 0 rings (SSSR count). The first-order valence-corrected chi connectivity index (χ1v) is 5.61. The van der Waals surface area contributed by atoms with Gasteiger partial charge < -0.3 is 4.74 Å². The first-order valence-electron chi connectivity index (χ1n) is 4.56. The highest BCUT2D eigenvalue weighted by atomic mass is 32.2. The van der Waals surface area contributed by atoms with Crippen LogP contribution in [0.1, 0.15) is 26.7 Å². The standard InChI is InChI=1S/C9H17FO2S/c1-3-12-9(11)8(2)13-7-5-4-6-10/h8H,3-7H2,1-2H3. The van der Waals surface area contributed by atoms with Crippen LogP contribution < -0.4 is 0 Å². The Morgan fingerprint density at radius 3 is 2.77 bits per heavy atom. The van der Waals surface area contributed by atoms with Crippen molar-refractivity contribution >= 4 is 17.7 Å². The molecule has 2 nitrogen and oxygen atoms in total. The average Bonchev–Trinajstić information content (AvgIpc) is 2.12. The molecule has 0 aliphatic heterocycles. The zero-order valence-electron chi connectivity index (χ0n) is 8.22. The summed E-state index contributed by atoms with van der Waals surface area (Å²) in [6.07, 6.45) is 1.41. The summed E-state index contributed by atoms with van der Waals surface area (Å²) in [5.41, 5.74) is 0. The summed E-state index contributed by atoms with van der Waals surface area (Å²) in [6.45, 7) is 3.76. The summed E-state index contributed by atoms with van der Waals surface area (Å²) >= 11 is 1.52. The minimum Gasteiger partial charge on any atom is -0.465 e. The van der Waals surface area contributed by atoms with Gasteiger partial charge in [-0.05, 0) is 32.4 Å². The fraction of sp³-hybridized carbons (Fsp3) is 0.889. The number of thioether (sulfide) groups is 1. The van der Waals surface area contributed by atoms with Crippen LogP contribution in [0.5, 0.6) is 0 Å². The molecule has 0 N–H and O–H groups in total. The number of hydrogen-bond acceptors (Lipinski definition) is 3. The van der Waals surface area contributed by atoms with Crippen LogP contribution in [0.2, 0.25) is 0 Å². The number of hydrogen-bond donors (Lipinski definition) is 0. The smallest absolute Gasteiger partial charge is 0.318 e. The van der Waals surface area contributed by atoms with E-state index in [9.17, 15) is 9.18 Å². The van der Waals surface area contributed by atoms with Crippen LogP contribution in [-0.2, 0) is 9.53 Å². The van der Waals surface area contributed by atoms with E-state index < -0.39 is 0 Å². The van der Waals surface area contributed by atoms with E-state index >= 15 is 0 Å². The SMILES string of the molecule is CCOC(=O)C(C)SCCCCF. The molecule has 0 bridgehead atoms. The lowest BCUT2D eigenvalue weighted by molar-refractivity contribution is -0.142. The van der Waals surface area contributed by atoms with Crippen LogP contribution in [-0.4, -0.2) is 30.3 Å². The maximum atomic E-state index is 11.7. The first kappa shape index (κ1) is 12.8. The molecular formula is C9H17FO2S. The number of alkyl halides is 1. The quantitative estimate of drug-likeness (QED) is 0.475. The molecular weight excluding hydrogens is 191 g/mol. The maximum absolute atomic E-state index is 11.7. The van der Waals surface area contributed by atoms with Crippen LogP contribution in [0, 0.1) is 0 Å². The lowest BCUT2D eigenvalue weighted by atomic mass is 10.4. The van der Waals surface area contributed by atoms with Gasteiger partial charge in [-0.25, -0.2) is 0 Å². The van der Waals surface area contributed by atoms with E-state index in [2.05, 4.69) is 0 Å². The molecule has 0 aromatic carbocycles. The molecule has 4 heteroatoms. The third kappa shape index (κ3) is 6.87. The second kappa shape index (κ2) is 8.35. The second-order valence-electron chi connectivity index (χ2n) is 2.66.